The van der Waals surface area contributed by atoms with E-state index in [1.54, 1.807) is 6.26 Å². The number of quaternary nitrogens is 1. The summed E-state index contributed by atoms with van der Waals surface area (Å²) in [6, 6.07) is 8.16. The summed E-state index contributed by atoms with van der Waals surface area (Å²) in [6.45, 7) is 8.85. The molecule has 4 rings (SSSR count). The molecule has 0 bridgehead atoms. The lowest BCUT2D eigenvalue weighted by Gasteiger charge is -2.23. The van der Waals surface area contributed by atoms with E-state index in [1.165, 1.54) is 28.9 Å². The van der Waals surface area contributed by atoms with Crippen LogP contribution in [0.2, 0.25) is 0 Å². The first-order valence-electron chi connectivity index (χ1n) is 9.71. The van der Waals surface area contributed by atoms with Crippen LogP contribution >= 0.6 is 0 Å². The van der Waals surface area contributed by atoms with E-state index in [2.05, 4.69) is 25.2 Å². The molecule has 2 N–H and O–H groups in total. The highest BCUT2D eigenvalue weighted by Crippen LogP contribution is 2.28. The largest absolute Gasteiger partial charge is 0.463 e. The van der Waals surface area contributed by atoms with Crippen LogP contribution < -0.4 is 10.2 Å². The van der Waals surface area contributed by atoms with E-state index in [9.17, 15) is 4.79 Å². The average Bonchev–Trinajstić information content (AvgIpc) is 3.39. The molecule has 1 saturated heterocycles. The highest BCUT2D eigenvalue weighted by Gasteiger charge is 2.30. The second-order valence-electron chi connectivity index (χ2n) is 7.63. The van der Waals surface area contributed by atoms with Crippen LogP contribution in [0.15, 0.2) is 39.4 Å². The van der Waals surface area contributed by atoms with Crippen LogP contribution in [-0.2, 0) is 0 Å². The molecule has 0 spiro atoms. The normalized spacial score (nSPS) is 16.1. The van der Waals surface area contributed by atoms with Gasteiger partial charge in [-0.3, -0.25) is 4.79 Å². The van der Waals surface area contributed by atoms with Crippen molar-refractivity contribution >= 4 is 16.9 Å². The minimum absolute atomic E-state index is 0.139. The number of carbonyl (C=O) groups is 1. The summed E-state index contributed by atoms with van der Waals surface area (Å²) < 4.78 is 11.6. The first-order valence-corrected chi connectivity index (χ1v) is 9.71. The third kappa shape index (κ3) is 3.39. The van der Waals surface area contributed by atoms with Gasteiger partial charge in [-0.05, 0) is 56.2 Å². The Morgan fingerprint density at radius 2 is 1.93 bits per heavy atom. The molecule has 2 aromatic heterocycles. The summed E-state index contributed by atoms with van der Waals surface area (Å²) in [5.41, 5.74) is 4.04. The Bertz CT molecular complexity index is 950. The third-order valence-electron chi connectivity index (χ3n) is 5.85. The first kappa shape index (κ1) is 17.9. The molecule has 1 aliphatic heterocycles. The van der Waals surface area contributed by atoms with Crippen molar-refractivity contribution in [2.24, 2.45) is 0 Å². The SMILES string of the molecule is Cc1cc2oc(C(=O)NC[C@@H](c3ccco3)[NH+]3CCCC3)c(C)c2cc1C. The van der Waals surface area contributed by atoms with Gasteiger partial charge in [-0.1, -0.05) is 0 Å². The summed E-state index contributed by atoms with van der Waals surface area (Å²) in [7, 11) is 0. The van der Waals surface area contributed by atoms with E-state index in [4.69, 9.17) is 8.83 Å². The summed E-state index contributed by atoms with van der Waals surface area (Å²) in [6.07, 6.45) is 4.15. The van der Waals surface area contributed by atoms with Gasteiger partial charge in [0, 0.05) is 23.8 Å². The van der Waals surface area contributed by atoms with Crippen LogP contribution in [0.1, 0.15) is 51.9 Å². The summed E-state index contributed by atoms with van der Waals surface area (Å²) >= 11 is 0. The second kappa shape index (κ2) is 7.24. The molecule has 1 amide bonds. The minimum atomic E-state index is -0.158. The van der Waals surface area contributed by atoms with E-state index in [0.717, 1.165) is 35.4 Å². The Labute approximate surface area is 159 Å². The van der Waals surface area contributed by atoms with Crippen molar-refractivity contribution in [3.63, 3.8) is 0 Å². The van der Waals surface area contributed by atoms with Gasteiger partial charge >= 0.3 is 0 Å². The number of nitrogens with one attached hydrogen (secondary N) is 2. The van der Waals surface area contributed by atoms with Gasteiger partial charge in [0.25, 0.3) is 5.91 Å². The fourth-order valence-corrected chi connectivity index (χ4v) is 4.08. The van der Waals surface area contributed by atoms with Crippen LogP contribution in [-0.4, -0.2) is 25.5 Å². The molecular formula is C22H27N2O3+. The number of likely N-dealkylation sites (tertiary alicyclic amines) is 1. The van der Waals surface area contributed by atoms with Crippen LogP contribution in [0.5, 0.6) is 0 Å². The minimum Gasteiger partial charge on any atom is -0.463 e. The molecule has 3 heterocycles. The van der Waals surface area contributed by atoms with Gasteiger partial charge in [-0.15, -0.1) is 0 Å². The average molecular weight is 367 g/mol. The number of hydrogen-bond acceptors (Lipinski definition) is 3. The summed E-state index contributed by atoms with van der Waals surface area (Å²) in [5, 5.41) is 4.09. The number of carbonyl (C=O) groups excluding carboxylic acids is 1. The van der Waals surface area contributed by atoms with Gasteiger partial charge in [0.2, 0.25) is 0 Å². The standard InChI is InChI=1S/C22H26N2O3/c1-14-11-17-16(3)21(27-20(17)12-15(14)2)22(25)23-13-18(19-7-6-10-26-19)24-8-4-5-9-24/h6-7,10-12,18H,4-5,8-9,13H2,1-3H3,(H,23,25)/p+1/t18-/m0/s1. The smallest absolute Gasteiger partial charge is 0.287 e. The van der Waals surface area contributed by atoms with E-state index in [1.807, 2.05) is 25.1 Å². The van der Waals surface area contributed by atoms with Crippen molar-refractivity contribution in [3.8, 4) is 0 Å². The first-order chi connectivity index (χ1) is 13.0. The molecule has 5 heteroatoms. The van der Waals surface area contributed by atoms with Crippen molar-refractivity contribution in [2.75, 3.05) is 19.6 Å². The topological polar surface area (TPSA) is 59.8 Å². The Hall–Kier alpha value is -2.53. The van der Waals surface area contributed by atoms with Crippen LogP contribution in [0, 0.1) is 20.8 Å². The van der Waals surface area contributed by atoms with Crippen LogP contribution in [0.4, 0.5) is 0 Å². The quantitative estimate of drug-likeness (QED) is 0.728. The molecule has 1 fully saturated rings. The van der Waals surface area contributed by atoms with Gasteiger partial charge in [0.1, 0.15) is 5.58 Å². The van der Waals surface area contributed by atoms with Crippen molar-refractivity contribution in [1.29, 1.82) is 0 Å². The van der Waals surface area contributed by atoms with Gasteiger partial charge in [0.05, 0.1) is 25.9 Å². The highest BCUT2D eigenvalue weighted by molar-refractivity contribution is 5.99. The maximum atomic E-state index is 12.8. The van der Waals surface area contributed by atoms with E-state index in [-0.39, 0.29) is 11.9 Å². The maximum absolute atomic E-state index is 12.8. The Morgan fingerprint density at radius 1 is 1.19 bits per heavy atom. The molecular weight excluding hydrogens is 340 g/mol. The number of furan rings is 2. The molecule has 0 unspecified atom stereocenters. The number of amides is 1. The van der Waals surface area contributed by atoms with Crippen molar-refractivity contribution < 1.29 is 18.5 Å². The van der Waals surface area contributed by atoms with Gasteiger partial charge in [-0.2, -0.15) is 0 Å². The van der Waals surface area contributed by atoms with Crippen molar-refractivity contribution in [3.05, 3.63) is 58.7 Å². The monoisotopic (exact) mass is 367 g/mol. The molecule has 3 aromatic rings. The molecule has 0 saturated carbocycles. The van der Waals surface area contributed by atoms with Crippen molar-refractivity contribution in [2.45, 2.75) is 39.7 Å². The fourth-order valence-electron chi connectivity index (χ4n) is 4.08. The van der Waals surface area contributed by atoms with Crippen LogP contribution in [0.25, 0.3) is 11.0 Å². The Kier molecular flexibility index (Phi) is 4.79. The number of hydrogen-bond donors (Lipinski definition) is 2. The molecule has 142 valence electrons. The summed E-state index contributed by atoms with van der Waals surface area (Å²) in [4.78, 5) is 14.3. The fraction of sp³-hybridized carbons (Fsp3) is 0.409. The summed E-state index contributed by atoms with van der Waals surface area (Å²) in [5.74, 6) is 1.18. The lowest BCUT2D eigenvalue weighted by Crippen LogP contribution is -3.11. The Morgan fingerprint density at radius 3 is 2.63 bits per heavy atom. The molecule has 1 aliphatic rings. The van der Waals surface area contributed by atoms with Crippen LogP contribution in [0.3, 0.4) is 0 Å². The third-order valence-corrected chi connectivity index (χ3v) is 5.85. The Balaban J connectivity index is 1.54. The number of benzene rings is 1. The lowest BCUT2D eigenvalue weighted by molar-refractivity contribution is -0.919. The number of rotatable bonds is 5. The highest BCUT2D eigenvalue weighted by atomic mass is 16.3. The van der Waals surface area contributed by atoms with E-state index >= 15 is 0 Å². The molecule has 0 aliphatic carbocycles. The van der Waals surface area contributed by atoms with Gasteiger partial charge in [-0.25, -0.2) is 0 Å². The zero-order valence-corrected chi connectivity index (χ0v) is 16.2. The molecule has 1 atom stereocenters. The predicted molar refractivity (Wildman–Crippen MR) is 104 cm³/mol. The zero-order valence-electron chi connectivity index (χ0n) is 16.2. The van der Waals surface area contributed by atoms with Crippen molar-refractivity contribution in [1.82, 2.24) is 5.32 Å². The molecule has 5 nitrogen and oxygen atoms in total. The number of aryl methyl sites for hydroxylation is 3. The van der Waals surface area contributed by atoms with E-state index in [0.29, 0.717) is 12.3 Å². The second-order valence-corrected chi connectivity index (χ2v) is 7.63. The lowest BCUT2D eigenvalue weighted by atomic mass is 10.0. The number of fused-ring (bicyclic) bond motifs is 1. The zero-order chi connectivity index (χ0) is 19.0. The maximum Gasteiger partial charge on any atom is 0.287 e. The van der Waals surface area contributed by atoms with E-state index < -0.39 is 0 Å². The van der Waals surface area contributed by atoms with Gasteiger partial charge < -0.3 is 19.1 Å². The predicted octanol–water partition coefficient (Wildman–Crippen LogP) is 3.10. The molecule has 1 aromatic carbocycles. The molecule has 27 heavy (non-hydrogen) atoms. The molecule has 0 radical (unpaired) electrons. The van der Waals surface area contributed by atoms with Gasteiger partial charge in [0.15, 0.2) is 17.6 Å².